The van der Waals surface area contributed by atoms with Crippen LogP contribution >= 0.6 is 15.9 Å². The summed E-state index contributed by atoms with van der Waals surface area (Å²) in [6.45, 7) is -0.618. The zero-order chi connectivity index (χ0) is 15.6. The van der Waals surface area contributed by atoms with Crippen molar-refractivity contribution in [3.8, 4) is 0 Å². The minimum Gasteiger partial charge on any atom is -0.392 e. The van der Waals surface area contributed by atoms with E-state index in [1.807, 2.05) is 4.72 Å². The molecule has 0 aliphatic heterocycles. The second kappa shape index (κ2) is 6.04. The lowest BCUT2D eigenvalue weighted by Crippen LogP contribution is -2.17. The Morgan fingerprint density at radius 3 is 2.67 bits per heavy atom. The van der Waals surface area contributed by atoms with Crippen LogP contribution in [0.4, 0.5) is 14.6 Å². The molecule has 2 aromatic rings. The van der Waals surface area contributed by atoms with E-state index < -0.39 is 33.2 Å². The van der Waals surface area contributed by atoms with Crippen LogP contribution in [0.1, 0.15) is 5.56 Å². The van der Waals surface area contributed by atoms with E-state index in [2.05, 4.69) is 20.9 Å². The van der Waals surface area contributed by atoms with Gasteiger partial charge in [0.2, 0.25) is 0 Å². The summed E-state index contributed by atoms with van der Waals surface area (Å²) in [5, 5.41) is 8.95. The number of sulfonamides is 1. The van der Waals surface area contributed by atoms with Gasteiger partial charge in [-0.2, -0.15) is 0 Å². The van der Waals surface area contributed by atoms with Crippen molar-refractivity contribution in [1.29, 1.82) is 0 Å². The van der Waals surface area contributed by atoms with Crippen LogP contribution in [0, 0.1) is 11.6 Å². The topological polar surface area (TPSA) is 79.3 Å². The molecule has 1 aromatic carbocycles. The van der Waals surface area contributed by atoms with Crippen LogP contribution < -0.4 is 4.72 Å². The van der Waals surface area contributed by atoms with E-state index in [1.54, 1.807) is 6.07 Å². The number of aliphatic hydroxyl groups excluding tert-OH is 1. The first-order chi connectivity index (χ1) is 9.85. The van der Waals surface area contributed by atoms with Crippen LogP contribution in [0.25, 0.3) is 0 Å². The second-order valence-corrected chi connectivity index (χ2v) is 6.49. The molecule has 21 heavy (non-hydrogen) atoms. The van der Waals surface area contributed by atoms with Crippen LogP contribution in [-0.2, 0) is 16.6 Å². The predicted octanol–water partition coefficient (Wildman–Crippen LogP) is 2.42. The Morgan fingerprint density at radius 2 is 2.05 bits per heavy atom. The summed E-state index contributed by atoms with van der Waals surface area (Å²) in [6, 6.07) is 4.68. The lowest BCUT2D eigenvalue weighted by molar-refractivity contribution is 0.280. The minimum absolute atomic E-state index is 0.0608. The maximum absolute atomic E-state index is 13.7. The van der Waals surface area contributed by atoms with Crippen molar-refractivity contribution >= 4 is 31.8 Å². The minimum atomic E-state index is -4.39. The third kappa shape index (κ3) is 3.36. The van der Waals surface area contributed by atoms with E-state index in [1.165, 1.54) is 12.3 Å². The van der Waals surface area contributed by atoms with E-state index in [-0.39, 0.29) is 11.4 Å². The van der Waals surface area contributed by atoms with Crippen LogP contribution in [0.2, 0.25) is 0 Å². The molecule has 0 unspecified atom stereocenters. The Kier molecular flexibility index (Phi) is 4.55. The van der Waals surface area contributed by atoms with Crippen LogP contribution in [0.3, 0.4) is 0 Å². The number of benzene rings is 1. The maximum atomic E-state index is 13.7. The number of nitrogens with zero attached hydrogens (tertiary/aromatic N) is 1. The zero-order valence-corrected chi connectivity index (χ0v) is 12.7. The van der Waals surface area contributed by atoms with Crippen LogP contribution in [0.15, 0.2) is 39.8 Å². The standard InChI is InChI=1S/C12H9BrF2N2O3S/c13-8-2-1-3-16-12(8)17-21(19,20)10-5-7(6-18)4-9(14)11(10)15/h1-5,18H,6H2,(H,16,17). The first kappa shape index (κ1) is 15.8. The van der Waals surface area contributed by atoms with Crippen molar-refractivity contribution in [1.82, 2.24) is 4.98 Å². The molecule has 0 saturated heterocycles. The van der Waals surface area contributed by atoms with Gasteiger partial charge in [0, 0.05) is 6.20 Å². The Labute approximate surface area is 127 Å². The second-order valence-electron chi connectivity index (χ2n) is 3.99. The molecule has 112 valence electrons. The third-order valence-electron chi connectivity index (χ3n) is 2.52. The van der Waals surface area contributed by atoms with Gasteiger partial charge >= 0.3 is 0 Å². The summed E-state index contributed by atoms with van der Waals surface area (Å²) in [4.78, 5) is 2.88. The Morgan fingerprint density at radius 1 is 1.33 bits per heavy atom. The van der Waals surface area contributed by atoms with Crippen molar-refractivity contribution in [2.24, 2.45) is 0 Å². The molecule has 9 heteroatoms. The largest absolute Gasteiger partial charge is 0.392 e. The number of halogens is 3. The number of aromatic nitrogens is 1. The summed E-state index contributed by atoms with van der Waals surface area (Å²) in [5.74, 6) is -2.94. The predicted molar refractivity (Wildman–Crippen MR) is 75.0 cm³/mol. The number of rotatable bonds is 4. The van der Waals surface area contributed by atoms with E-state index in [4.69, 9.17) is 5.11 Å². The number of pyridine rings is 1. The molecule has 0 aliphatic rings. The highest BCUT2D eigenvalue weighted by atomic mass is 79.9. The molecule has 0 amide bonds. The number of hydrogen-bond acceptors (Lipinski definition) is 4. The Hall–Kier alpha value is -1.58. The van der Waals surface area contributed by atoms with Crippen LogP contribution in [0.5, 0.6) is 0 Å². The molecule has 0 aliphatic carbocycles. The van der Waals surface area contributed by atoms with Gasteiger partial charge in [-0.15, -0.1) is 0 Å². The first-order valence-electron chi connectivity index (χ1n) is 5.57. The molecule has 0 fully saturated rings. The van der Waals surface area contributed by atoms with Gasteiger partial charge in [-0.05, 0) is 45.8 Å². The lowest BCUT2D eigenvalue weighted by Gasteiger charge is -2.11. The summed E-state index contributed by atoms with van der Waals surface area (Å²) in [6.07, 6.45) is 1.34. The highest BCUT2D eigenvalue weighted by Crippen LogP contribution is 2.25. The smallest absolute Gasteiger partial charge is 0.266 e. The van der Waals surface area contributed by atoms with Crippen molar-refractivity contribution in [2.75, 3.05) is 4.72 Å². The van der Waals surface area contributed by atoms with Gasteiger partial charge in [-0.3, -0.25) is 4.72 Å². The summed E-state index contributed by atoms with van der Waals surface area (Å²) in [5.41, 5.74) is -0.0608. The molecule has 1 heterocycles. The average Bonchev–Trinajstić information content (AvgIpc) is 2.43. The SMILES string of the molecule is O=S(=O)(Nc1ncccc1Br)c1cc(CO)cc(F)c1F. The third-order valence-corrected chi connectivity index (χ3v) is 4.49. The monoisotopic (exact) mass is 378 g/mol. The summed E-state index contributed by atoms with van der Waals surface area (Å²) >= 11 is 3.09. The Bertz CT molecular complexity index is 784. The molecule has 0 radical (unpaired) electrons. The highest BCUT2D eigenvalue weighted by molar-refractivity contribution is 9.10. The van der Waals surface area contributed by atoms with Crippen molar-refractivity contribution in [3.05, 3.63) is 52.1 Å². The quantitative estimate of drug-likeness (QED) is 0.855. The molecule has 2 rings (SSSR count). The fourth-order valence-electron chi connectivity index (χ4n) is 1.55. The first-order valence-corrected chi connectivity index (χ1v) is 7.85. The fraction of sp³-hybridized carbons (Fsp3) is 0.0833. The van der Waals surface area contributed by atoms with Gasteiger partial charge in [-0.1, -0.05) is 0 Å². The normalized spacial score (nSPS) is 11.4. The average molecular weight is 379 g/mol. The fourth-order valence-corrected chi connectivity index (χ4v) is 3.20. The molecular formula is C12H9BrF2N2O3S. The number of aliphatic hydroxyl groups is 1. The van der Waals surface area contributed by atoms with Gasteiger partial charge in [0.15, 0.2) is 17.5 Å². The van der Waals surface area contributed by atoms with Gasteiger partial charge in [0.25, 0.3) is 10.0 Å². The van der Waals surface area contributed by atoms with Crippen molar-refractivity contribution < 1.29 is 22.3 Å². The molecule has 1 aromatic heterocycles. The Balaban J connectivity index is 2.50. The molecule has 5 nitrogen and oxygen atoms in total. The maximum Gasteiger partial charge on any atom is 0.266 e. The molecular weight excluding hydrogens is 370 g/mol. The van der Waals surface area contributed by atoms with Crippen molar-refractivity contribution in [3.63, 3.8) is 0 Å². The van der Waals surface area contributed by atoms with Gasteiger partial charge in [0.05, 0.1) is 11.1 Å². The number of nitrogens with one attached hydrogen (secondary N) is 1. The molecule has 0 bridgehead atoms. The molecule has 0 spiro atoms. The molecule has 0 atom stereocenters. The molecule has 0 saturated carbocycles. The zero-order valence-electron chi connectivity index (χ0n) is 10.3. The van der Waals surface area contributed by atoms with Crippen LogP contribution in [-0.4, -0.2) is 18.5 Å². The lowest BCUT2D eigenvalue weighted by atomic mass is 10.2. The molecule has 2 N–H and O–H groups in total. The van der Waals surface area contributed by atoms with Gasteiger partial charge in [0.1, 0.15) is 4.90 Å². The van der Waals surface area contributed by atoms with Gasteiger partial charge < -0.3 is 5.11 Å². The highest BCUT2D eigenvalue weighted by Gasteiger charge is 2.24. The number of hydrogen-bond donors (Lipinski definition) is 2. The van der Waals surface area contributed by atoms with Gasteiger partial charge in [-0.25, -0.2) is 22.2 Å². The van der Waals surface area contributed by atoms with E-state index in [0.717, 1.165) is 12.1 Å². The number of anilines is 1. The summed E-state index contributed by atoms with van der Waals surface area (Å²) < 4.78 is 53.7. The van der Waals surface area contributed by atoms with E-state index >= 15 is 0 Å². The van der Waals surface area contributed by atoms with E-state index in [9.17, 15) is 17.2 Å². The van der Waals surface area contributed by atoms with Crippen molar-refractivity contribution in [2.45, 2.75) is 11.5 Å². The summed E-state index contributed by atoms with van der Waals surface area (Å²) in [7, 11) is -4.39. The van der Waals surface area contributed by atoms with E-state index in [0.29, 0.717) is 4.47 Å².